The summed E-state index contributed by atoms with van der Waals surface area (Å²) in [6.45, 7) is 18.3. The smallest absolute Gasteiger partial charge is 0.245 e. The first kappa shape index (κ1) is 26.3. The summed E-state index contributed by atoms with van der Waals surface area (Å²) in [5, 5.41) is 14.6. The molecule has 1 amide bonds. The standard InChI is InChI=1S/C29H38ClN7O2/c1-6-24(38)34-9-7-20(8-10-34)37-19(3)25(26-22-14-31-32-23(22)13-18(2)27(26)30)28(33-37)36-12-11-35(17-29(36,4)5)21-15-39-16-21/h6,13-14,20-21H,1,7-12,15-17H2,2-5H3,(H,31,32). The van der Waals surface area contributed by atoms with Crippen LogP contribution in [-0.4, -0.2) is 93.2 Å². The number of piperazine rings is 1. The van der Waals surface area contributed by atoms with Crippen LogP contribution < -0.4 is 4.90 Å². The number of aryl methyl sites for hydroxylation is 1. The van der Waals surface area contributed by atoms with Crippen molar-refractivity contribution in [1.82, 2.24) is 29.8 Å². The number of carbonyl (C=O) groups is 1. The topological polar surface area (TPSA) is 82.5 Å². The van der Waals surface area contributed by atoms with E-state index < -0.39 is 0 Å². The van der Waals surface area contributed by atoms with Gasteiger partial charge in [0.05, 0.1) is 42.0 Å². The van der Waals surface area contributed by atoms with Crippen LogP contribution in [0.5, 0.6) is 0 Å². The van der Waals surface area contributed by atoms with Crippen molar-refractivity contribution in [2.45, 2.75) is 58.2 Å². The molecule has 0 atom stereocenters. The van der Waals surface area contributed by atoms with E-state index in [1.165, 1.54) is 6.08 Å². The second-order valence-electron chi connectivity index (χ2n) is 11.8. The van der Waals surface area contributed by atoms with E-state index >= 15 is 0 Å². The molecule has 0 saturated carbocycles. The van der Waals surface area contributed by atoms with Gasteiger partial charge in [0.1, 0.15) is 0 Å². The molecule has 9 nitrogen and oxygen atoms in total. The molecule has 3 saturated heterocycles. The molecule has 1 aromatic carbocycles. The number of nitrogens with zero attached hydrogens (tertiary/aromatic N) is 6. The second kappa shape index (κ2) is 9.94. The molecule has 208 valence electrons. The fourth-order valence-corrected chi connectivity index (χ4v) is 6.83. The number of anilines is 1. The highest BCUT2D eigenvalue weighted by atomic mass is 35.5. The quantitative estimate of drug-likeness (QED) is 0.475. The van der Waals surface area contributed by atoms with Crippen molar-refractivity contribution in [3.8, 4) is 11.1 Å². The van der Waals surface area contributed by atoms with E-state index in [1.54, 1.807) is 0 Å². The van der Waals surface area contributed by atoms with Crippen molar-refractivity contribution in [3.63, 3.8) is 0 Å². The number of benzene rings is 1. The van der Waals surface area contributed by atoms with Gasteiger partial charge < -0.3 is 14.5 Å². The van der Waals surface area contributed by atoms with Gasteiger partial charge >= 0.3 is 0 Å². The summed E-state index contributed by atoms with van der Waals surface area (Å²) < 4.78 is 7.70. The lowest BCUT2D eigenvalue weighted by Crippen LogP contribution is -2.64. The van der Waals surface area contributed by atoms with Crippen LogP contribution in [-0.2, 0) is 9.53 Å². The molecule has 5 heterocycles. The number of ether oxygens (including phenoxy) is 1. The molecule has 0 spiro atoms. The number of aromatic amines is 1. The highest BCUT2D eigenvalue weighted by molar-refractivity contribution is 6.36. The number of H-pyrrole nitrogens is 1. The largest absolute Gasteiger partial charge is 0.378 e. The molecule has 0 bridgehead atoms. The molecule has 3 aliphatic heterocycles. The summed E-state index contributed by atoms with van der Waals surface area (Å²) in [5.41, 5.74) is 5.00. The maximum atomic E-state index is 12.2. The van der Waals surface area contributed by atoms with Crippen molar-refractivity contribution in [3.05, 3.63) is 41.2 Å². The van der Waals surface area contributed by atoms with Gasteiger partial charge in [-0.25, -0.2) is 0 Å². The molecule has 6 rings (SSSR count). The molecule has 3 aromatic rings. The van der Waals surface area contributed by atoms with Crippen LogP contribution in [0.2, 0.25) is 5.02 Å². The number of fused-ring (bicyclic) bond motifs is 1. The minimum Gasteiger partial charge on any atom is -0.378 e. The minimum absolute atomic E-state index is 0.00242. The van der Waals surface area contributed by atoms with E-state index in [1.807, 2.05) is 18.0 Å². The van der Waals surface area contributed by atoms with Gasteiger partial charge in [-0.1, -0.05) is 18.2 Å². The van der Waals surface area contributed by atoms with Gasteiger partial charge in [0.2, 0.25) is 5.91 Å². The van der Waals surface area contributed by atoms with E-state index in [9.17, 15) is 4.79 Å². The predicted octanol–water partition coefficient (Wildman–Crippen LogP) is 4.35. The molecule has 0 aliphatic carbocycles. The molecule has 3 aliphatic rings. The number of amides is 1. The number of likely N-dealkylation sites (tertiary alicyclic amines) is 1. The Bertz CT molecular complexity index is 1410. The highest BCUT2D eigenvalue weighted by Crippen LogP contribution is 2.46. The molecular weight excluding hydrogens is 514 g/mol. The normalized spacial score (nSPS) is 20.9. The monoisotopic (exact) mass is 551 g/mol. The molecular formula is C29H38ClN7O2. The summed E-state index contributed by atoms with van der Waals surface area (Å²) in [7, 11) is 0. The Morgan fingerprint density at radius 2 is 1.90 bits per heavy atom. The zero-order valence-electron chi connectivity index (χ0n) is 23.3. The van der Waals surface area contributed by atoms with E-state index in [-0.39, 0.29) is 17.5 Å². The summed E-state index contributed by atoms with van der Waals surface area (Å²) in [5.74, 6) is 0.971. The van der Waals surface area contributed by atoms with Crippen molar-refractivity contribution in [1.29, 1.82) is 0 Å². The molecule has 0 unspecified atom stereocenters. The van der Waals surface area contributed by atoms with E-state index in [4.69, 9.17) is 21.4 Å². The fourth-order valence-electron chi connectivity index (χ4n) is 6.58. The molecule has 10 heteroatoms. The van der Waals surface area contributed by atoms with Crippen LogP contribution in [0.15, 0.2) is 24.9 Å². The Labute approximate surface area is 234 Å². The predicted molar refractivity (Wildman–Crippen MR) is 154 cm³/mol. The summed E-state index contributed by atoms with van der Waals surface area (Å²) in [4.78, 5) is 19.1. The van der Waals surface area contributed by atoms with Crippen LogP contribution in [0.4, 0.5) is 5.82 Å². The third-order valence-electron chi connectivity index (χ3n) is 8.87. The lowest BCUT2D eigenvalue weighted by Gasteiger charge is -2.51. The average Bonchev–Trinajstić information content (AvgIpc) is 3.47. The van der Waals surface area contributed by atoms with Gasteiger partial charge in [-0.15, -0.1) is 0 Å². The lowest BCUT2D eigenvalue weighted by molar-refractivity contribution is -0.127. The second-order valence-corrected chi connectivity index (χ2v) is 12.2. The highest BCUT2D eigenvalue weighted by Gasteiger charge is 2.41. The van der Waals surface area contributed by atoms with Crippen molar-refractivity contribution >= 4 is 34.2 Å². The number of nitrogens with one attached hydrogen (secondary N) is 1. The van der Waals surface area contributed by atoms with Gasteiger partial charge in [-0.2, -0.15) is 10.2 Å². The molecule has 1 N–H and O–H groups in total. The summed E-state index contributed by atoms with van der Waals surface area (Å²) in [6.07, 6.45) is 4.98. The number of rotatable bonds is 5. The van der Waals surface area contributed by atoms with Gasteiger partial charge in [-0.3, -0.25) is 19.5 Å². The SMILES string of the molecule is C=CC(=O)N1CCC(n2nc(N3CCN(C4COC4)CC3(C)C)c(-c3c(Cl)c(C)cc4[nH]ncc34)c2C)CC1. The van der Waals surface area contributed by atoms with Crippen LogP contribution in [0.1, 0.15) is 44.0 Å². The van der Waals surface area contributed by atoms with E-state index in [0.717, 1.165) is 89.8 Å². The number of halogens is 1. The first-order valence-corrected chi connectivity index (χ1v) is 14.3. The summed E-state index contributed by atoms with van der Waals surface area (Å²) >= 11 is 7.10. The van der Waals surface area contributed by atoms with Crippen molar-refractivity contribution in [2.75, 3.05) is 50.8 Å². The van der Waals surface area contributed by atoms with Gasteiger partial charge in [0, 0.05) is 60.5 Å². The average molecular weight is 552 g/mol. The Morgan fingerprint density at radius 1 is 1.15 bits per heavy atom. The number of hydrogen-bond acceptors (Lipinski definition) is 6. The first-order chi connectivity index (χ1) is 18.7. The van der Waals surface area contributed by atoms with Crippen LogP contribution in [0.25, 0.3) is 22.0 Å². The zero-order valence-corrected chi connectivity index (χ0v) is 24.1. The Kier molecular flexibility index (Phi) is 6.72. The Balaban J connectivity index is 1.45. The number of piperidine rings is 1. The number of hydrogen-bond donors (Lipinski definition) is 1. The van der Waals surface area contributed by atoms with Crippen LogP contribution >= 0.6 is 11.6 Å². The third kappa shape index (κ3) is 4.44. The lowest BCUT2D eigenvalue weighted by atomic mass is 9.94. The Hall–Kier alpha value is -2.88. The number of carbonyl (C=O) groups excluding carboxylic acids is 1. The van der Waals surface area contributed by atoms with Crippen molar-refractivity contribution < 1.29 is 9.53 Å². The van der Waals surface area contributed by atoms with E-state index in [2.05, 4.69) is 58.1 Å². The molecule has 0 radical (unpaired) electrons. The fraction of sp³-hybridized carbons (Fsp3) is 0.552. The maximum absolute atomic E-state index is 12.2. The van der Waals surface area contributed by atoms with Crippen LogP contribution in [0, 0.1) is 13.8 Å². The maximum Gasteiger partial charge on any atom is 0.245 e. The Morgan fingerprint density at radius 3 is 2.54 bits per heavy atom. The molecule has 39 heavy (non-hydrogen) atoms. The van der Waals surface area contributed by atoms with Gasteiger partial charge in [0.25, 0.3) is 0 Å². The number of aromatic nitrogens is 4. The van der Waals surface area contributed by atoms with Crippen molar-refractivity contribution in [2.24, 2.45) is 0 Å². The first-order valence-electron chi connectivity index (χ1n) is 13.9. The third-order valence-corrected chi connectivity index (χ3v) is 9.35. The molecule has 3 fully saturated rings. The van der Waals surface area contributed by atoms with Gasteiger partial charge in [0.15, 0.2) is 5.82 Å². The molecule has 2 aromatic heterocycles. The summed E-state index contributed by atoms with van der Waals surface area (Å²) in [6, 6.07) is 2.76. The van der Waals surface area contributed by atoms with Gasteiger partial charge in [-0.05, 0) is 58.2 Å². The minimum atomic E-state index is -0.139. The van der Waals surface area contributed by atoms with Crippen LogP contribution in [0.3, 0.4) is 0 Å². The van der Waals surface area contributed by atoms with E-state index in [0.29, 0.717) is 19.1 Å². The zero-order chi connectivity index (χ0) is 27.5.